The van der Waals surface area contributed by atoms with Crippen LogP contribution < -0.4 is 22.0 Å². The fourth-order valence-corrected chi connectivity index (χ4v) is 3.54. The molecule has 2 rings (SSSR count). The number of hydrazine groups is 1. The van der Waals surface area contributed by atoms with E-state index >= 15 is 0 Å². The number of likely N-dealkylation sites (tertiary alicyclic amines) is 1. The van der Waals surface area contributed by atoms with E-state index in [4.69, 9.17) is 23.3 Å². The molecule has 9 heteroatoms. The first-order valence-electron chi connectivity index (χ1n) is 9.75. The van der Waals surface area contributed by atoms with Crippen LogP contribution in [0.25, 0.3) is 0 Å². The highest BCUT2D eigenvalue weighted by molar-refractivity contribution is 6.30. The zero-order chi connectivity index (χ0) is 21.6. The molecule has 0 spiro atoms. The second kappa shape index (κ2) is 9.93. The number of carbonyl (C=O) groups is 2. The number of hydrazone groups is 1. The van der Waals surface area contributed by atoms with Gasteiger partial charge in [-0.1, -0.05) is 32.4 Å². The smallest absolute Gasteiger partial charge is 0.243 e. The van der Waals surface area contributed by atoms with Gasteiger partial charge < -0.3 is 16.1 Å². The second-order valence-electron chi connectivity index (χ2n) is 8.47. The quantitative estimate of drug-likeness (QED) is 0.270. The summed E-state index contributed by atoms with van der Waals surface area (Å²) in [7, 11) is 0. The van der Waals surface area contributed by atoms with Crippen molar-refractivity contribution in [2.24, 2.45) is 22.2 Å². The number of hydrogen-bond donors (Lipinski definition) is 3. The predicted octanol–water partition coefficient (Wildman–Crippen LogP) is 2.36. The lowest BCUT2D eigenvalue weighted by Crippen LogP contribution is -2.46. The van der Waals surface area contributed by atoms with Crippen molar-refractivity contribution < 1.29 is 9.59 Å². The molecule has 29 heavy (non-hydrogen) atoms. The van der Waals surface area contributed by atoms with Crippen LogP contribution in [-0.2, 0) is 16.1 Å². The normalized spacial score (nSPS) is 17.0. The number of carbonyl (C=O) groups excluding carboxylic acids is 2. The molecule has 1 aliphatic rings. The lowest BCUT2D eigenvalue weighted by molar-refractivity contribution is -0.138. The van der Waals surface area contributed by atoms with Crippen molar-refractivity contribution in [3.8, 4) is 0 Å². The topological polar surface area (TPSA) is 117 Å². The van der Waals surface area contributed by atoms with Crippen LogP contribution in [0, 0.1) is 5.41 Å². The number of nitrogens with two attached hydrogens (primary N) is 2. The van der Waals surface area contributed by atoms with E-state index in [0.29, 0.717) is 30.1 Å². The largest absolute Gasteiger partial charge is 0.350 e. The first-order valence-corrected chi connectivity index (χ1v) is 10.1. The van der Waals surface area contributed by atoms with Crippen molar-refractivity contribution >= 4 is 35.4 Å². The number of halogens is 1. The molecule has 0 radical (unpaired) electrons. The summed E-state index contributed by atoms with van der Waals surface area (Å²) in [6.07, 6.45) is 3.99. The highest BCUT2D eigenvalue weighted by atomic mass is 35.5. The van der Waals surface area contributed by atoms with Crippen molar-refractivity contribution in [1.29, 1.82) is 0 Å². The molecular formula is C20H31ClN6O2. The number of rotatable bonds is 7. The first kappa shape index (κ1) is 23.0. The Labute approximate surface area is 177 Å². The zero-order valence-electron chi connectivity index (χ0n) is 17.3. The molecule has 1 atom stereocenters. The molecule has 0 bridgehead atoms. The van der Waals surface area contributed by atoms with E-state index in [-0.39, 0.29) is 23.8 Å². The molecule has 2 amide bonds. The number of amides is 2. The van der Waals surface area contributed by atoms with E-state index in [1.54, 1.807) is 23.1 Å². The van der Waals surface area contributed by atoms with Crippen LogP contribution >= 0.6 is 11.6 Å². The molecule has 1 heterocycles. The minimum absolute atomic E-state index is 0.0355. The van der Waals surface area contributed by atoms with Gasteiger partial charge in [-0.15, -0.1) is 0 Å². The molecule has 1 aromatic rings. The van der Waals surface area contributed by atoms with Crippen molar-refractivity contribution in [2.75, 3.05) is 11.6 Å². The standard InChI is InChI=1S/C20H31ClN6O2/c1-20(2,3)9-8-18(28)26-10-4-5-17(26)19(29)24-12-14-11-15(21)6-7-16(14)27(23)13-25-22/h6-7,11,13,17H,4-5,8-10,12,22-23H2,1-3H3,(H,24,29)/b25-13-. The zero-order valence-corrected chi connectivity index (χ0v) is 18.1. The Bertz CT molecular complexity index is 762. The van der Waals surface area contributed by atoms with E-state index in [0.717, 1.165) is 18.4 Å². The van der Waals surface area contributed by atoms with Gasteiger partial charge in [0.15, 0.2) is 0 Å². The van der Waals surface area contributed by atoms with Crippen LogP contribution in [0.5, 0.6) is 0 Å². The third kappa shape index (κ3) is 6.61. The number of nitrogens with zero attached hydrogens (tertiary/aromatic N) is 3. The molecular weight excluding hydrogens is 392 g/mol. The number of hydrogen-bond acceptors (Lipinski definition) is 5. The summed E-state index contributed by atoms with van der Waals surface area (Å²) in [5, 5.41) is 8.11. The van der Waals surface area contributed by atoms with Gasteiger partial charge in [0.2, 0.25) is 11.8 Å². The molecule has 1 unspecified atom stereocenters. The molecule has 0 aliphatic carbocycles. The fraction of sp³-hybridized carbons (Fsp3) is 0.550. The maximum absolute atomic E-state index is 12.8. The Balaban J connectivity index is 2.03. The van der Waals surface area contributed by atoms with Gasteiger partial charge in [0.05, 0.1) is 5.69 Å². The predicted molar refractivity (Wildman–Crippen MR) is 116 cm³/mol. The Kier molecular flexibility index (Phi) is 7.87. The van der Waals surface area contributed by atoms with Crippen molar-refractivity contribution in [1.82, 2.24) is 10.2 Å². The van der Waals surface area contributed by atoms with Gasteiger partial charge in [-0.25, -0.2) is 5.84 Å². The number of benzene rings is 1. The van der Waals surface area contributed by atoms with E-state index in [1.165, 1.54) is 11.3 Å². The summed E-state index contributed by atoms with van der Waals surface area (Å²) in [5.74, 6) is 10.9. The Morgan fingerprint density at radius 3 is 2.79 bits per heavy atom. The molecule has 8 nitrogen and oxygen atoms in total. The summed E-state index contributed by atoms with van der Waals surface area (Å²) in [4.78, 5) is 27.1. The molecule has 5 N–H and O–H groups in total. The molecule has 1 fully saturated rings. The van der Waals surface area contributed by atoms with Gasteiger partial charge in [0.25, 0.3) is 0 Å². The van der Waals surface area contributed by atoms with Crippen LogP contribution in [0.1, 0.15) is 52.0 Å². The number of nitrogens with one attached hydrogen (secondary N) is 1. The Hall–Kier alpha value is -2.32. The second-order valence-corrected chi connectivity index (χ2v) is 8.90. The van der Waals surface area contributed by atoms with Crippen molar-refractivity contribution in [2.45, 2.75) is 59.0 Å². The lowest BCUT2D eigenvalue weighted by atomic mass is 9.90. The van der Waals surface area contributed by atoms with E-state index in [9.17, 15) is 9.59 Å². The summed E-state index contributed by atoms with van der Waals surface area (Å²) < 4.78 is 0. The highest BCUT2D eigenvalue weighted by Gasteiger charge is 2.34. The number of anilines is 1. The van der Waals surface area contributed by atoms with Crippen LogP contribution in [0.2, 0.25) is 5.02 Å². The first-order chi connectivity index (χ1) is 13.6. The van der Waals surface area contributed by atoms with Crippen molar-refractivity contribution in [3.63, 3.8) is 0 Å². The molecule has 1 saturated heterocycles. The van der Waals surface area contributed by atoms with E-state index in [2.05, 4.69) is 31.2 Å². The monoisotopic (exact) mass is 422 g/mol. The van der Waals surface area contributed by atoms with Gasteiger partial charge >= 0.3 is 0 Å². The molecule has 1 aliphatic heterocycles. The molecule has 0 aromatic heterocycles. The van der Waals surface area contributed by atoms with Crippen LogP contribution in [0.3, 0.4) is 0 Å². The summed E-state index contributed by atoms with van der Waals surface area (Å²) >= 11 is 6.09. The van der Waals surface area contributed by atoms with Gasteiger partial charge in [-0.2, -0.15) is 5.10 Å². The van der Waals surface area contributed by atoms with E-state index in [1.807, 2.05) is 0 Å². The lowest BCUT2D eigenvalue weighted by Gasteiger charge is -2.26. The summed E-state index contributed by atoms with van der Waals surface area (Å²) in [6, 6.07) is 4.70. The minimum Gasteiger partial charge on any atom is -0.350 e. The van der Waals surface area contributed by atoms with Crippen LogP contribution in [0.15, 0.2) is 23.3 Å². The maximum Gasteiger partial charge on any atom is 0.243 e. The van der Waals surface area contributed by atoms with Crippen LogP contribution in [0.4, 0.5) is 5.69 Å². The summed E-state index contributed by atoms with van der Waals surface area (Å²) in [5.41, 5.74) is 1.42. The van der Waals surface area contributed by atoms with Gasteiger partial charge in [-0.3, -0.25) is 14.6 Å². The minimum atomic E-state index is -0.440. The van der Waals surface area contributed by atoms with Gasteiger partial charge in [0.1, 0.15) is 12.4 Å². The van der Waals surface area contributed by atoms with Crippen LogP contribution in [-0.4, -0.2) is 35.6 Å². The maximum atomic E-state index is 12.8. The third-order valence-electron chi connectivity index (χ3n) is 4.93. The SMILES string of the molecule is CC(C)(C)CCC(=O)N1CCCC1C(=O)NCc1cc(Cl)ccc1N(N)/C=N\N. The van der Waals surface area contributed by atoms with Gasteiger partial charge in [-0.05, 0) is 48.4 Å². The van der Waals surface area contributed by atoms with Gasteiger partial charge in [0, 0.05) is 24.5 Å². The third-order valence-corrected chi connectivity index (χ3v) is 5.16. The average molecular weight is 423 g/mol. The van der Waals surface area contributed by atoms with E-state index < -0.39 is 6.04 Å². The Morgan fingerprint density at radius 2 is 2.14 bits per heavy atom. The van der Waals surface area contributed by atoms with Crippen molar-refractivity contribution in [3.05, 3.63) is 28.8 Å². The Morgan fingerprint density at radius 1 is 1.41 bits per heavy atom. The summed E-state index contributed by atoms with van der Waals surface area (Å²) in [6.45, 7) is 7.15. The molecule has 1 aromatic carbocycles. The highest BCUT2D eigenvalue weighted by Crippen LogP contribution is 2.25. The fourth-order valence-electron chi connectivity index (χ4n) is 3.35. The molecule has 160 valence electrons. The average Bonchev–Trinajstić information content (AvgIpc) is 3.13. The molecule has 0 saturated carbocycles.